The molecule has 0 aromatic carbocycles. The number of nitrogens with one attached hydrogen (secondary N) is 1. The Labute approximate surface area is 136 Å². The van der Waals surface area contributed by atoms with E-state index in [1.807, 2.05) is 18.2 Å². The normalized spacial score (nSPS) is 17.7. The van der Waals surface area contributed by atoms with Crippen LogP contribution in [0.15, 0.2) is 43.0 Å². The molecule has 3 heterocycles. The molecule has 1 aliphatic heterocycles. The zero-order valence-corrected chi connectivity index (χ0v) is 13.1. The molecule has 1 aliphatic rings. The fraction of sp³-hybridized carbons (Fsp3) is 0.412. The monoisotopic (exact) mass is 311 g/mol. The lowest BCUT2D eigenvalue weighted by Gasteiger charge is -2.32. The summed E-state index contributed by atoms with van der Waals surface area (Å²) in [4.78, 5) is 26.9. The summed E-state index contributed by atoms with van der Waals surface area (Å²) in [7, 11) is 0. The summed E-state index contributed by atoms with van der Waals surface area (Å²) in [6.45, 7) is 2.56. The van der Waals surface area contributed by atoms with E-state index in [2.05, 4.69) is 25.2 Å². The number of carbonyl (C=O) groups excluding carboxylic acids is 1. The average Bonchev–Trinajstić information content (AvgIpc) is 2.62. The highest BCUT2D eigenvalue weighted by Crippen LogP contribution is 2.19. The van der Waals surface area contributed by atoms with Gasteiger partial charge in [-0.05, 0) is 36.5 Å². The van der Waals surface area contributed by atoms with Gasteiger partial charge in [0.05, 0.1) is 6.42 Å². The van der Waals surface area contributed by atoms with Crippen molar-refractivity contribution < 1.29 is 4.79 Å². The van der Waals surface area contributed by atoms with E-state index in [0.717, 1.165) is 37.4 Å². The van der Waals surface area contributed by atoms with Crippen LogP contribution >= 0.6 is 0 Å². The van der Waals surface area contributed by atoms with Gasteiger partial charge in [0.2, 0.25) is 11.9 Å². The first-order chi connectivity index (χ1) is 11.3. The predicted molar refractivity (Wildman–Crippen MR) is 87.9 cm³/mol. The summed E-state index contributed by atoms with van der Waals surface area (Å²) in [5, 5.41) is 3.04. The van der Waals surface area contributed by atoms with Gasteiger partial charge in [0, 0.05) is 44.4 Å². The molecule has 0 radical (unpaired) electrons. The summed E-state index contributed by atoms with van der Waals surface area (Å²) >= 11 is 0. The number of nitrogens with zero attached hydrogens (tertiary/aromatic N) is 4. The molecule has 1 N–H and O–H groups in total. The topological polar surface area (TPSA) is 71.0 Å². The molecule has 3 rings (SSSR count). The zero-order valence-electron chi connectivity index (χ0n) is 13.1. The molecule has 120 valence electrons. The van der Waals surface area contributed by atoms with Crippen LogP contribution in [0.1, 0.15) is 18.4 Å². The minimum atomic E-state index is 0.0473. The second-order valence-electron chi connectivity index (χ2n) is 5.85. The molecule has 0 bridgehead atoms. The van der Waals surface area contributed by atoms with Crippen LogP contribution in [0.2, 0.25) is 0 Å². The van der Waals surface area contributed by atoms with Crippen LogP contribution in [0.5, 0.6) is 0 Å². The summed E-state index contributed by atoms with van der Waals surface area (Å²) in [6.07, 6.45) is 9.57. The molecular formula is C17H21N5O. The molecule has 1 atom stereocenters. The Bertz CT molecular complexity index is 619. The summed E-state index contributed by atoms with van der Waals surface area (Å²) in [5.74, 6) is 1.26. The van der Waals surface area contributed by atoms with Crippen molar-refractivity contribution >= 4 is 11.9 Å². The van der Waals surface area contributed by atoms with Gasteiger partial charge in [-0.1, -0.05) is 6.07 Å². The quantitative estimate of drug-likeness (QED) is 0.905. The SMILES string of the molecule is O=C(Cc1cccnc1)NC[C@@H]1CCCN(c2ncccn2)C1. The van der Waals surface area contributed by atoms with Gasteiger partial charge >= 0.3 is 0 Å². The van der Waals surface area contributed by atoms with Crippen molar-refractivity contribution in [2.24, 2.45) is 5.92 Å². The number of aromatic nitrogens is 3. The van der Waals surface area contributed by atoms with Crippen LogP contribution in [0.3, 0.4) is 0 Å². The first-order valence-electron chi connectivity index (χ1n) is 7.99. The number of pyridine rings is 1. The molecule has 0 saturated carbocycles. The van der Waals surface area contributed by atoms with Crippen LogP contribution in [0.4, 0.5) is 5.95 Å². The summed E-state index contributed by atoms with van der Waals surface area (Å²) < 4.78 is 0. The van der Waals surface area contributed by atoms with Gasteiger partial charge in [0.25, 0.3) is 0 Å². The van der Waals surface area contributed by atoms with E-state index in [4.69, 9.17) is 0 Å². The Morgan fingerprint density at radius 3 is 2.91 bits per heavy atom. The van der Waals surface area contributed by atoms with Crippen molar-refractivity contribution in [1.29, 1.82) is 0 Å². The maximum absolute atomic E-state index is 12.0. The van der Waals surface area contributed by atoms with Gasteiger partial charge in [-0.25, -0.2) is 9.97 Å². The fourth-order valence-electron chi connectivity index (χ4n) is 2.88. The average molecular weight is 311 g/mol. The summed E-state index contributed by atoms with van der Waals surface area (Å²) in [6, 6.07) is 5.59. The van der Waals surface area contributed by atoms with E-state index in [1.165, 1.54) is 0 Å². The maximum Gasteiger partial charge on any atom is 0.225 e. The van der Waals surface area contributed by atoms with Crippen molar-refractivity contribution in [2.45, 2.75) is 19.3 Å². The minimum Gasteiger partial charge on any atom is -0.355 e. The second kappa shape index (κ2) is 7.67. The van der Waals surface area contributed by atoms with E-state index in [0.29, 0.717) is 18.9 Å². The highest BCUT2D eigenvalue weighted by molar-refractivity contribution is 5.78. The van der Waals surface area contributed by atoms with E-state index >= 15 is 0 Å². The van der Waals surface area contributed by atoms with Gasteiger partial charge in [-0.3, -0.25) is 9.78 Å². The van der Waals surface area contributed by atoms with E-state index in [9.17, 15) is 4.79 Å². The van der Waals surface area contributed by atoms with Crippen molar-refractivity contribution in [3.63, 3.8) is 0 Å². The number of hydrogen-bond acceptors (Lipinski definition) is 5. The lowest BCUT2D eigenvalue weighted by molar-refractivity contribution is -0.120. The summed E-state index contributed by atoms with van der Waals surface area (Å²) in [5.41, 5.74) is 0.938. The molecule has 2 aromatic heterocycles. The Balaban J connectivity index is 1.47. The van der Waals surface area contributed by atoms with Gasteiger partial charge in [0.1, 0.15) is 0 Å². The number of anilines is 1. The van der Waals surface area contributed by atoms with Crippen molar-refractivity contribution in [1.82, 2.24) is 20.3 Å². The lowest BCUT2D eigenvalue weighted by Crippen LogP contribution is -2.41. The second-order valence-corrected chi connectivity index (χ2v) is 5.85. The van der Waals surface area contributed by atoms with E-state index < -0.39 is 0 Å². The molecule has 23 heavy (non-hydrogen) atoms. The number of piperidine rings is 1. The fourth-order valence-corrected chi connectivity index (χ4v) is 2.88. The van der Waals surface area contributed by atoms with Gasteiger partial charge < -0.3 is 10.2 Å². The van der Waals surface area contributed by atoms with Crippen molar-refractivity contribution in [2.75, 3.05) is 24.5 Å². The molecule has 1 saturated heterocycles. The van der Waals surface area contributed by atoms with E-state index in [1.54, 1.807) is 24.8 Å². The first kappa shape index (κ1) is 15.4. The molecule has 0 unspecified atom stereocenters. The number of amides is 1. The Morgan fingerprint density at radius 1 is 1.26 bits per heavy atom. The predicted octanol–water partition coefficient (Wildman–Crippen LogP) is 1.45. The molecule has 1 fully saturated rings. The Hall–Kier alpha value is -2.50. The molecule has 0 aliphatic carbocycles. The third kappa shape index (κ3) is 4.48. The smallest absolute Gasteiger partial charge is 0.225 e. The van der Waals surface area contributed by atoms with Gasteiger partial charge in [-0.15, -0.1) is 0 Å². The van der Waals surface area contributed by atoms with Crippen LogP contribution < -0.4 is 10.2 Å². The van der Waals surface area contributed by atoms with Gasteiger partial charge in [-0.2, -0.15) is 0 Å². The minimum absolute atomic E-state index is 0.0473. The van der Waals surface area contributed by atoms with E-state index in [-0.39, 0.29) is 5.91 Å². The van der Waals surface area contributed by atoms with Crippen molar-refractivity contribution in [3.05, 3.63) is 48.5 Å². The van der Waals surface area contributed by atoms with Crippen LogP contribution in [0.25, 0.3) is 0 Å². The first-order valence-corrected chi connectivity index (χ1v) is 7.99. The highest BCUT2D eigenvalue weighted by atomic mass is 16.1. The zero-order chi connectivity index (χ0) is 15.9. The van der Waals surface area contributed by atoms with Crippen LogP contribution in [-0.2, 0) is 11.2 Å². The highest BCUT2D eigenvalue weighted by Gasteiger charge is 2.21. The number of hydrogen-bond donors (Lipinski definition) is 1. The van der Waals surface area contributed by atoms with Crippen LogP contribution in [0, 0.1) is 5.92 Å². The molecule has 1 amide bonds. The van der Waals surface area contributed by atoms with Crippen LogP contribution in [-0.4, -0.2) is 40.5 Å². The Kier molecular flexibility index (Phi) is 5.13. The third-order valence-corrected chi connectivity index (χ3v) is 4.03. The van der Waals surface area contributed by atoms with Crippen molar-refractivity contribution in [3.8, 4) is 0 Å². The third-order valence-electron chi connectivity index (χ3n) is 4.03. The molecule has 6 heteroatoms. The molecular weight excluding hydrogens is 290 g/mol. The maximum atomic E-state index is 12.0. The standard InChI is InChI=1S/C17H21N5O/c23-16(10-14-4-1-6-18-11-14)21-12-15-5-2-9-22(13-15)17-19-7-3-8-20-17/h1,3-4,6-8,11,15H,2,5,9-10,12-13H2,(H,21,23)/t15-/m0/s1. The number of rotatable bonds is 5. The molecule has 2 aromatic rings. The Morgan fingerprint density at radius 2 is 2.13 bits per heavy atom. The molecule has 0 spiro atoms. The molecule has 6 nitrogen and oxygen atoms in total. The van der Waals surface area contributed by atoms with Gasteiger partial charge in [0.15, 0.2) is 0 Å². The largest absolute Gasteiger partial charge is 0.355 e. The number of carbonyl (C=O) groups is 1. The lowest BCUT2D eigenvalue weighted by atomic mass is 9.98.